The molecule has 0 spiro atoms. The summed E-state index contributed by atoms with van der Waals surface area (Å²) in [4.78, 5) is 14.7. The first-order valence-corrected chi connectivity index (χ1v) is 10.3. The molecule has 1 aliphatic rings. The van der Waals surface area contributed by atoms with Crippen molar-refractivity contribution in [1.29, 1.82) is 0 Å². The number of nitrogens with two attached hydrogens (primary N) is 1. The van der Waals surface area contributed by atoms with E-state index in [-0.39, 0.29) is 6.04 Å². The van der Waals surface area contributed by atoms with Gasteiger partial charge in [0.1, 0.15) is 11.7 Å². The Kier molecular flexibility index (Phi) is 4.73. The van der Waals surface area contributed by atoms with Crippen molar-refractivity contribution < 1.29 is 0 Å². The van der Waals surface area contributed by atoms with Crippen molar-refractivity contribution >= 4 is 22.6 Å². The van der Waals surface area contributed by atoms with Crippen LogP contribution in [-0.4, -0.2) is 15.8 Å². The molecule has 5 heteroatoms. The van der Waals surface area contributed by atoms with Gasteiger partial charge in [-0.3, -0.25) is 4.99 Å². The fourth-order valence-electron chi connectivity index (χ4n) is 4.03. The van der Waals surface area contributed by atoms with Crippen molar-refractivity contribution in [2.45, 2.75) is 25.9 Å². The highest BCUT2D eigenvalue weighted by Gasteiger charge is 2.24. The molecule has 1 atom stereocenters. The first-order valence-electron chi connectivity index (χ1n) is 10.3. The lowest BCUT2D eigenvalue weighted by atomic mass is 10.0. The normalized spacial score (nSPS) is 15.1. The third-order valence-corrected chi connectivity index (χ3v) is 5.56. The number of anilines is 1. The van der Waals surface area contributed by atoms with E-state index < -0.39 is 0 Å². The van der Waals surface area contributed by atoms with Crippen LogP contribution in [0.5, 0.6) is 0 Å². The van der Waals surface area contributed by atoms with Crippen molar-refractivity contribution in [3.63, 3.8) is 0 Å². The van der Waals surface area contributed by atoms with Crippen molar-refractivity contribution in [1.82, 2.24) is 9.97 Å². The Bertz CT molecular complexity index is 1260. The Labute approximate surface area is 175 Å². The number of fused-ring (bicyclic) bond motifs is 2. The van der Waals surface area contributed by atoms with E-state index >= 15 is 0 Å². The number of amidine groups is 1. The van der Waals surface area contributed by atoms with Crippen molar-refractivity contribution in [3.05, 3.63) is 89.5 Å². The van der Waals surface area contributed by atoms with Crippen LogP contribution < -0.4 is 11.1 Å². The Morgan fingerprint density at radius 3 is 2.43 bits per heavy atom. The van der Waals surface area contributed by atoms with Crippen LogP contribution in [0.2, 0.25) is 0 Å². The lowest BCUT2D eigenvalue weighted by molar-refractivity contribution is 0.716. The van der Waals surface area contributed by atoms with Gasteiger partial charge in [0.15, 0.2) is 5.82 Å². The molecule has 148 valence electrons. The van der Waals surface area contributed by atoms with E-state index in [1.165, 1.54) is 5.56 Å². The second-order valence-electron chi connectivity index (χ2n) is 7.39. The van der Waals surface area contributed by atoms with E-state index in [1.54, 1.807) is 0 Å². The second kappa shape index (κ2) is 7.69. The monoisotopic (exact) mass is 393 g/mol. The summed E-state index contributed by atoms with van der Waals surface area (Å²) in [6.07, 6.45) is 0.960. The minimum Gasteiger partial charge on any atom is -0.326 e. The maximum atomic E-state index is 5.96. The minimum atomic E-state index is 0.175. The molecule has 1 aromatic heterocycles. The number of benzene rings is 3. The zero-order chi connectivity index (χ0) is 20.5. The zero-order valence-corrected chi connectivity index (χ0v) is 16.8. The topological polar surface area (TPSA) is 76.2 Å². The van der Waals surface area contributed by atoms with Gasteiger partial charge in [0.25, 0.3) is 0 Å². The molecule has 5 nitrogen and oxygen atoms in total. The van der Waals surface area contributed by atoms with Crippen LogP contribution in [0, 0.1) is 0 Å². The summed E-state index contributed by atoms with van der Waals surface area (Å²) in [6, 6.07) is 24.6. The molecular formula is C25H23N5. The average Bonchev–Trinajstić information content (AvgIpc) is 3.16. The molecule has 5 rings (SSSR count). The molecular weight excluding hydrogens is 370 g/mol. The van der Waals surface area contributed by atoms with Crippen LogP contribution in [0.1, 0.15) is 36.1 Å². The van der Waals surface area contributed by atoms with Crippen LogP contribution in [0.3, 0.4) is 0 Å². The number of aromatic nitrogens is 2. The lowest BCUT2D eigenvalue weighted by Gasteiger charge is -2.13. The smallest absolute Gasteiger partial charge is 0.162 e. The Morgan fingerprint density at radius 2 is 1.60 bits per heavy atom. The van der Waals surface area contributed by atoms with E-state index in [4.69, 9.17) is 20.7 Å². The summed E-state index contributed by atoms with van der Waals surface area (Å²) in [5.41, 5.74) is 11.2. The third-order valence-electron chi connectivity index (χ3n) is 5.56. The number of para-hydroxylation sites is 1. The van der Waals surface area contributed by atoms with Gasteiger partial charge in [-0.2, -0.15) is 0 Å². The van der Waals surface area contributed by atoms with Gasteiger partial charge in [0.05, 0.1) is 11.6 Å². The van der Waals surface area contributed by atoms with Crippen LogP contribution in [-0.2, 0) is 6.54 Å². The quantitative estimate of drug-likeness (QED) is 0.507. The molecule has 0 saturated heterocycles. The summed E-state index contributed by atoms with van der Waals surface area (Å²) in [6.45, 7) is 2.60. The summed E-state index contributed by atoms with van der Waals surface area (Å²) in [5, 5.41) is 4.48. The Hall–Kier alpha value is -3.57. The van der Waals surface area contributed by atoms with E-state index in [0.29, 0.717) is 12.4 Å². The fraction of sp³-hybridized carbons (Fsp3) is 0.160. The SMILES string of the molecule is CCC1N=C(Nc2nc(-c3ccccc3CN)nc3ccccc23)c2ccccc21. The van der Waals surface area contributed by atoms with E-state index in [2.05, 4.69) is 36.5 Å². The van der Waals surface area contributed by atoms with Gasteiger partial charge in [-0.25, -0.2) is 9.97 Å². The van der Waals surface area contributed by atoms with E-state index in [1.807, 2.05) is 48.5 Å². The van der Waals surface area contributed by atoms with Crippen LogP contribution in [0.25, 0.3) is 22.3 Å². The van der Waals surface area contributed by atoms with Crippen molar-refractivity contribution in [3.8, 4) is 11.4 Å². The minimum absolute atomic E-state index is 0.175. The highest BCUT2D eigenvalue weighted by molar-refractivity contribution is 6.13. The first kappa shape index (κ1) is 18.5. The van der Waals surface area contributed by atoms with Gasteiger partial charge in [-0.05, 0) is 29.7 Å². The molecule has 0 fully saturated rings. The highest BCUT2D eigenvalue weighted by atomic mass is 15.1. The fourth-order valence-corrected chi connectivity index (χ4v) is 4.03. The number of hydrogen-bond donors (Lipinski definition) is 2. The van der Waals surface area contributed by atoms with Gasteiger partial charge < -0.3 is 11.1 Å². The van der Waals surface area contributed by atoms with Gasteiger partial charge in [-0.15, -0.1) is 0 Å². The number of aliphatic imine (C=N–C) groups is 1. The molecule has 0 saturated carbocycles. The predicted octanol–water partition coefficient (Wildman–Crippen LogP) is 5.08. The van der Waals surface area contributed by atoms with Gasteiger partial charge >= 0.3 is 0 Å². The maximum absolute atomic E-state index is 5.96. The molecule has 3 N–H and O–H groups in total. The van der Waals surface area contributed by atoms with Crippen molar-refractivity contribution in [2.75, 3.05) is 5.32 Å². The zero-order valence-electron chi connectivity index (χ0n) is 16.8. The van der Waals surface area contributed by atoms with E-state index in [9.17, 15) is 0 Å². The predicted molar refractivity (Wildman–Crippen MR) is 122 cm³/mol. The van der Waals surface area contributed by atoms with Gasteiger partial charge in [-0.1, -0.05) is 67.6 Å². The first-order chi connectivity index (χ1) is 14.8. The lowest BCUT2D eigenvalue weighted by Crippen LogP contribution is -2.14. The van der Waals surface area contributed by atoms with Crippen LogP contribution in [0.15, 0.2) is 77.8 Å². The molecule has 4 aromatic rings. The van der Waals surface area contributed by atoms with Crippen LogP contribution >= 0.6 is 0 Å². The van der Waals surface area contributed by atoms with E-state index in [0.717, 1.165) is 45.7 Å². The maximum Gasteiger partial charge on any atom is 0.162 e. The van der Waals surface area contributed by atoms with Crippen LogP contribution in [0.4, 0.5) is 5.82 Å². The standard InChI is InChI=1S/C25H23N5/c1-2-21-18-11-5-6-12-19(18)24(27-21)30-25-20-13-7-8-14-22(20)28-23(29-25)17-10-4-3-9-16(17)15-26/h3-14,21H,2,15,26H2,1H3,(H,27,28,29,30). The molecule has 0 bridgehead atoms. The summed E-state index contributed by atoms with van der Waals surface area (Å²) >= 11 is 0. The third kappa shape index (κ3) is 3.13. The van der Waals surface area contributed by atoms with Crippen molar-refractivity contribution in [2.24, 2.45) is 10.7 Å². The number of nitrogens with one attached hydrogen (secondary N) is 1. The number of hydrogen-bond acceptors (Lipinski definition) is 5. The molecule has 30 heavy (non-hydrogen) atoms. The number of rotatable bonds is 4. The number of nitrogens with zero attached hydrogens (tertiary/aromatic N) is 3. The second-order valence-corrected chi connectivity index (χ2v) is 7.39. The summed E-state index contributed by atoms with van der Waals surface area (Å²) in [5.74, 6) is 2.28. The summed E-state index contributed by atoms with van der Waals surface area (Å²) < 4.78 is 0. The largest absolute Gasteiger partial charge is 0.326 e. The van der Waals surface area contributed by atoms with Gasteiger partial charge in [0, 0.05) is 23.1 Å². The molecule has 2 heterocycles. The molecule has 1 unspecified atom stereocenters. The molecule has 0 aliphatic carbocycles. The molecule has 0 amide bonds. The summed E-state index contributed by atoms with van der Waals surface area (Å²) in [7, 11) is 0. The average molecular weight is 393 g/mol. The Morgan fingerprint density at radius 1 is 0.867 bits per heavy atom. The molecule has 0 radical (unpaired) electrons. The molecule has 3 aromatic carbocycles. The highest BCUT2D eigenvalue weighted by Crippen LogP contribution is 2.33. The van der Waals surface area contributed by atoms with Gasteiger partial charge in [0.2, 0.25) is 0 Å². The Balaban J connectivity index is 1.65. The molecule has 1 aliphatic heterocycles.